The number of nitrogens with zero attached hydrogens (tertiary/aromatic N) is 2. The Balaban J connectivity index is 2.55. The van der Waals surface area contributed by atoms with Crippen molar-refractivity contribution in [1.29, 1.82) is 0 Å². The van der Waals surface area contributed by atoms with Gasteiger partial charge in [-0.2, -0.15) is 5.10 Å². The van der Waals surface area contributed by atoms with Gasteiger partial charge in [0.25, 0.3) is 0 Å². The van der Waals surface area contributed by atoms with E-state index in [4.69, 9.17) is 10.5 Å². The maximum atomic E-state index is 5.54. The van der Waals surface area contributed by atoms with E-state index in [0.29, 0.717) is 17.7 Å². The van der Waals surface area contributed by atoms with Crippen LogP contribution in [0, 0.1) is 11.8 Å². The third kappa shape index (κ3) is 3.03. The molecule has 0 aliphatic heterocycles. The fraction of sp³-hybridized carbons (Fsp3) is 0.700. The monoisotopic (exact) mass is 197 g/mol. The van der Waals surface area contributed by atoms with Crippen LogP contribution in [-0.4, -0.2) is 23.5 Å². The van der Waals surface area contributed by atoms with Gasteiger partial charge in [0, 0.05) is 25.8 Å². The Kier molecular flexibility index (Phi) is 3.95. The van der Waals surface area contributed by atoms with Gasteiger partial charge in [0.05, 0.1) is 6.61 Å². The van der Waals surface area contributed by atoms with Crippen molar-refractivity contribution in [2.24, 2.45) is 11.8 Å². The SMILES string of the molecule is COCC(Cn1ccc(N)n1)C(C)C. The first-order valence-electron chi connectivity index (χ1n) is 4.91. The average molecular weight is 197 g/mol. The van der Waals surface area contributed by atoms with Gasteiger partial charge >= 0.3 is 0 Å². The Bertz CT molecular complexity index is 270. The highest BCUT2D eigenvalue weighted by molar-refractivity contribution is 5.23. The lowest BCUT2D eigenvalue weighted by atomic mass is 9.97. The first-order valence-corrected chi connectivity index (χ1v) is 4.91. The molecule has 1 aromatic rings. The summed E-state index contributed by atoms with van der Waals surface area (Å²) in [6.07, 6.45) is 1.90. The molecule has 0 saturated carbocycles. The molecule has 0 fully saturated rings. The molecule has 0 radical (unpaired) electrons. The summed E-state index contributed by atoms with van der Waals surface area (Å²) in [5.74, 6) is 1.64. The van der Waals surface area contributed by atoms with Gasteiger partial charge < -0.3 is 10.5 Å². The van der Waals surface area contributed by atoms with Crippen molar-refractivity contribution in [3.63, 3.8) is 0 Å². The summed E-state index contributed by atoms with van der Waals surface area (Å²) < 4.78 is 7.05. The lowest BCUT2D eigenvalue weighted by Gasteiger charge is -2.19. The van der Waals surface area contributed by atoms with Crippen LogP contribution >= 0.6 is 0 Å². The van der Waals surface area contributed by atoms with Crippen molar-refractivity contribution < 1.29 is 4.74 Å². The number of hydrogen-bond donors (Lipinski definition) is 1. The topological polar surface area (TPSA) is 53.1 Å². The van der Waals surface area contributed by atoms with Crippen LogP contribution in [0.25, 0.3) is 0 Å². The quantitative estimate of drug-likeness (QED) is 0.776. The van der Waals surface area contributed by atoms with Crippen LogP contribution in [0.15, 0.2) is 12.3 Å². The summed E-state index contributed by atoms with van der Waals surface area (Å²) in [7, 11) is 1.73. The standard InChI is InChI=1S/C10H19N3O/c1-8(2)9(7-14-3)6-13-5-4-10(11)12-13/h4-5,8-9H,6-7H2,1-3H3,(H2,11,12). The first kappa shape index (κ1) is 11.0. The van der Waals surface area contributed by atoms with Gasteiger partial charge in [0.1, 0.15) is 5.82 Å². The molecule has 1 aromatic heterocycles. The fourth-order valence-corrected chi connectivity index (χ4v) is 1.39. The number of aromatic nitrogens is 2. The molecule has 1 rings (SSSR count). The molecule has 0 aromatic carbocycles. The zero-order valence-electron chi connectivity index (χ0n) is 9.10. The molecule has 0 aliphatic rings. The lowest BCUT2D eigenvalue weighted by molar-refractivity contribution is 0.116. The van der Waals surface area contributed by atoms with E-state index in [1.165, 1.54) is 0 Å². The highest BCUT2D eigenvalue weighted by atomic mass is 16.5. The van der Waals surface area contributed by atoms with Crippen molar-refractivity contribution in [2.75, 3.05) is 19.5 Å². The Labute approximate surface area is 85.0 Å². The predicted molar refractivity (Wildman–Crippen MR) is 56.8 cm³/mol. The molecule has 0 amide bonds. The van der Waals surface area contributed by atoms with Gasteiger partial charge in [-0.15, -0.1) is 0 Å². The van der Waals surface area contributed by atoms with E-state index in [1.54, 1.807) is 7.11 Å². The number of rotatable bonds is 5. The molecule has 4 heteroatoms. The van der Waals surface area contributed by atoms with Crippen molar-refractivity contribution in [1.82, 2.24) is 9.78 Å². The average Bonchev–Trinajstić information content (AvgIpc) is 2.50. The number of anilines is 1. The van der Waals surface area contributed by atoms with Crippen LogP contribution in [-0.2, 0) is 11.3 Å². The molecule has 1 atom stereocenters. The minimum absolute atomic E-state index is 0.485. The maximum absolute atomic E-state index is 5.54. The van der Waals surface area contributed by atoms with E-state index in [1.807, 2.05) is 16.9 Å². The van der Waals surface area contributed by atoms with Gasteiger partial charge in [-0.3, -0.25) is 4.68 Å². The molecule has 2 N–H and O–H groups in total. The number of hydrogen-bond acceptors (Lipinski definition) is 3. The van der Waals surface area contributed by atoms with E-state index in [9.17, 15) is 0 Å². The van der Waals surface area contributed by atoms with Gasteiger partial charge in [0.15, 0.2) is 0 Å². The van der Waals surface area contributed by atoms with E-state index in [-0.39, 0.29) is 0 Å². The normalized spacial score (nSPS) is 13.4. The Morgan fingerprint density at radius 3 is 2.71 bits per heavy atom. The molecule has 1 unspecified atom stereocenters. The van der Waals surface area contributed by atoms with Crippen LogP contribution in [0.4, 0.5) is 5.82 Å². The molecule has 80 valence electrons. The van der Waals surface area contributed by atoms with Gasteiger partial charge in [-0.1, -0.05) is 13.8 Å². The summed E-state index contributed by atoms with van der Waals surface area (Å²) in [4.78, 5) is 0. The van der Waals surface area contributed by atoms with Crippen LogP contribution in [0.1, 0.15) is 13.8 Å². The Morgan fingerprint density at radius 1 is 1.57 bits per heavy atom. The summed E-state index contributed by atoms with van der Waals surface area (Å²) in [6, 6.07) is 1.81. The third-order valence-electron chi connectivity index (χ3n) is 2.41. The minimum atomic E-state index is 0.485. The van der Waals surface area contributed by atoms with Crippen LogP contribution in [0.2, 0.25) is 0 Å². The van der Waals surface area contributed by atoms with E-state index < -0.39 is 0 Å². The molecular weight excluding hydrogens is 178 g/mol. The largest absolute Gasteiger partial charge is 0.384 e. The molecular formula is C10H19N3O. The highest BCUT2D eigenvalue weighted by Gasteiger charge is 2.14. The summed E-state index contributed by atoms with van der Waals surface area (Å²) >= 11 is 0. The minimum Gasteiger partial charge on any atom is -0.384 e. The van der Waals surface area contributed by atoms with Crippen molar-refractivity contribution in [2.45, 2.75) is 20.4 Å². The maximum Gasteiger partial charge on any atom is 0.145 e. The molecule has 0 bridgehead atoms. The summed E-state index contributed by atoms with van der Waals surface area (Å²) in [5, 5.41) is 4.15. The van der Waals surface area contributed by atoms with E-state index >= 15 is 0 Å². The van der Waals surface area contributed by atoms with Crippen molar-refractivity contribution in [3.05, 3.63) is 12.3 Å². The van der Waals surface area contributed by atoms with Crippen LogP contribution in [0.5, 0.6) is 0 Å². The van der Waals surface area contributed by atoms with E-state index in [0.717, 1.165) is 13.2 Å². The molecule has 0 aliphatic carbocycles. The number of ether oxygens (including phenoxy) is 1. The molecule has 1 heterocycles. The summed E-state index contributed by atoms with van der Waals surface area (Å²) in [5.41, 5.74) is 5.54. The second-order valence-corrected chi connectivity index (χ2v) is 3.92. The van der Waals surface area contributed by atoms with Crippen LogP contribution in [0.3, 0.4) is 0 Å². The molecule has 0 spiro atoms. The molecule has 0 saturated heterocycles. The molecule has 14 heavy (non-hydrogen) atoms. The number of methoxy groups -OCH3 is 1. The smallest absolute Gasteiger partial charge is 0.145 e. The second-order valence-electron chi connectivity index (χ2n) is 3.92. The van der Waals surface area contributed by atoms with Crippen molar-refractivity contribution >= 4 is 5.82 Å². The molecule has 4 nitrogen and oxygen atoms in total. The van der Waals surface area contributed by atoms with E-state index in [2.05, 4.69) is 18.9 Å². The Morgan fingerprint density at radius 2 is 2.29 bits per heavy atom. The first-order chi connectivity index (χ1) is 6.63. The highest BCUT2D eigenvalue weighted by Crippen LogP contribution is 2.13. The Hall–Kier alpha value is -1.03. The summed E-state index contributed by atoms with van der Waals surface area (Å²) in [6.45, 7) is 6.01. The van der Waals surface area contributed by atoms with Crippen molar-refractivity contribution in [3.8, 4) is 0 Å². The van der Waals surface area contributed by atoms with Gasteiger partial charge in [0.2, 0.25) is 0 Å². The zero-order chi connectivity index (χ0) is 10.6. The fourth-order valence-electron chi connectivity index (χ4n) is 1.39. The van der Waals surface area contributed by atoms with Crippen LogP contribution < -0.4 is 5.73 Å². The zero-order valence-corrected chi connectivity index (χ0v) is 9.10. The third-order valence-corrected chi connectivity index (χ3v) is 2.41. The lowest BCUT2D eigenvalue weighted by Crippen LogP contribution is -2.21. The van der Waals surface area contributed by atoms with Gasteiger partial charge in [-0.05, 0) is 12.0 Å². The predicted octanol–water partition coefficient (Wildman–Crippen LogP) is 1.38. The number of nitrogen functional groups attached to an aromatic ring is 1. The number of nitrogens with two attached hydrogens (primary N) is 1. The van der Waals surface area contributed by atoms with Gasteiger partial charge in [-0.25, -0.2) is 0 Å². The second kappa shape index (κ2) is 5.00.